The van der Waals surface area contributed by atoms with Crippen molar-refractivity contribution in [1.82, 2.24) is 16.0 Å². The first-order chi connectivity index (χ1) is 3.68. The summed E-state index contributed by atoms with van der Waals surface area (Å²) in [6.45, 7) is 0. The van der Waals surface area contributed by atoms with Crippen LogP contribution < -0.4 is 11.0 Å². The molecule has 8 heavy (non-hydrogen) atoms. The molecule has 44 valence electrons. The molecule has 2 N–H and O–H groups in total. The Bertz CT molecular complexity index is 86.6. The number of carbonyl (C=O) groups excluding carboxylic acids is 1. The number of hydrogen-bond donors (Lipinski definition) is 2. The molecule has 0 unspecified atom stereocenters. The number of amides is 1. The van der Waals surface area contributed by atoms with E-state index in [4.69, 9.17) is 7.85 Å². The third-order valence-corrected chi connectivity index (χ3v) is 0.610. The van der Waals surface area contributed by atoms with Gasteiger partial charge in [0.15, 0.2) is 5.81 Å². The maximum absolute atomic E-state index is 10.1. The summed E-state index contributed by atoms with van der Waals surface area (Å²) in [4.78, 5) is 10.1. The van der Waals surface area contributed by atoms with Crippen molar-refractivity contribution in [3.63, 3.8) is 0 Å². The van der Waals surface area contributed by atoms with Gasteiger partial charge in [-0.15, -0.1) is 0 Å². The van der Waals surface area contributed by atoms with Gasteiger partial charge in [0.1, 0.15) is 0 Å². The zero-order valence-electron chi connectivity index (χ0n) is 4.93. The predicted molar refractivity (Wildman–Crippen MR) is 31.1 cm³/mol. The highest BCUT2D eigenvalue weighted by molar-refractivity contribution is 6.56. The van der Waals surface area contributed by atoms with Crippen molar-refractivity contribution >= 4 is 13.7 Å². The van der Waals surface area contributed by atoms with Gasteiger partial charge in [-0.2, -0.15) is 5.53 Å². The second-order valence-corrected chi connectivity index (χ2v) is 1.26. The van der Waals surface area contributed by atoms with E-state index >= 15 is 0 Å². The van der Waals surface area contributed by atoms with Crippen molar-refractivity contribution in [2.75, 3.05) is 14.1 Å². The van der Waals surface area contributed by atoms with Crippen molar-refractivity contribution < 1.29 is 4.79 Å². The van der Waals surface area contributed by atoms with Crippen LogP contribution in [0.15, 0.2) is 0 Å². The van der Waals surface area contributed by atoms with Crippen molar-refractivity contribution in [3.05, 3.63) is 0 Å². The number of nitrogens with one attached hydrogen (secondary N) is 2. The van der Waals surface area contributed by atoms with Gasteiger partial charge in [0.25, 0.3) is 0 Å². The minimum atomic E-state index is -0.528. The van der Waals surface area contributed by atoms with Gasteiger partial charge in [0.2, 0.25) is 7.85 Å². The lowest BCUT2D eigenvalue weighted by atomic mass is 10.1. The van der Waals surface area contributed by atoms with E-state index in [1.165, 1.54) is 7.05 Å². The Kier molecular flexibility index (Phi) is 3.22. The molecule has 0 aliphatic rings. The Morgan fingerprint density at radius 1 is 1.75 bits per heavy atom. The van der Waals surface area contributed by atoms with E-state index < -0.39 is 5.81 Å². The van der Waals surface area contributed by atoms with Crippen LogP contribution in [0.4, 0.5) is 4.79 Å². The van der Waals surface area contributed by atoms with Crippen molar-refractivity contribution in [3.8, 4) is 0 Å². The highest BCUT2D eigenvalue weighted by Crippen LogP contribution is 1.69. The molecule has 0 bridgehead atoms. The van der Waals surface area contributed by atoms with Crippen LogP contribution in [0.3, 0.4) is 0 Å². The second kappa shape index (κ2) is 3.46. The Labute approximate surface area is 49.6 Å². The third-order valence-electron chi connectivity index (χ3n) is 0.610. The Hall–Kier alpha value is -0.545. The lowest BCUT2D eigenvalue weighted by Crippen LogP contribution is -2.45. The first-order valence-electron chi connectivity index (χ1n) is 2.14. The highest BCUT2D eigenvalue weighted by Gasteiger charge is 1.94. The molecule has 0 spiro atoms. The molecule has 0 saturated heterocycles. The fourth-order valence-corrected chi connectivity index (χ4v) is 0.223. The van der Waals surface area contributed by atoms with Gasteiger partial charge in [-0.1, -0.05) is 0 Å². The summed E-state index contributed by atoms with van der Waals surface area (Å²) in [7, 11) is 7.96. The molecule has 0 atom stereocenters. The quantitative estimate of drug-likeness (QED) is 0.351. The molecule has 0 fully saturated rings. The third kappa shape index (κ3) is 2.60. The molecule has 1 amide bonds. The summed E-state index contributed by atoms with van der Waals surface area (Å²) in [6.07, 6.45) is 0. The molecule has 0 heterocycles. The summed E-state index contributed by atoms with van der Waals surface area (Å²) in [6, 6.07) is 0. The lowest BCUT2D eigenvalue weighted by molar-refractivity contribution is 0.200. The van der Waals surface area contributed by atoms with E-state index in [1.807, 2.05) is 0 Å². The summed E-state index contributed by atoms with van der Waals surface area (Å²) >= 11 is 0. The molecule has 0 rings (SSSR count). The highest BCUT2D eigenvalue weighted by atomic mass is 16.2. The number of nitrogens with zero attached hydrogens (tertiary/aromatic N) is 1. The molecule has 4 nitrogen and oxygen atoms in total. The SMILES string of the molecule is [B]C(=O)N(C)NNC. The first kappa shape index (κ1) is 7.45. The van der Waals surface area contributed by atoms with Gasteiger partial charge in [0.05, 0.1) is 0 Å². The molecule has 5 heteroatoms. The second-order valence-electron chi connectivity index (χ2n) is 1.26. The van der Waals surface area contributed by atoms with Gasteiger partial charge >= 0.3 is 0 Å². The van der Waals surface area contributed by atoms with Gasteiger partial charge in [0, 0.05) is 14.1 Å². The van der Waals surface area contributed by atoms with Crippen molar-refractivity contribution in [2.24, 2.45) is 0 Å². The van der Waals surface area contributed by atoms with E-state index in [0.29, 0.717) is 0 Å². The Balaban J connectivity index is 3.32. The molecule has 0 aliphatic heterocycles. The zero-order chi connectivity index (χ0) is 6.57. The molecular weight excluding hydrogens is 105 g/mol. The van der Waals surface area contributed by atoms with E-state index in [0.717, 1.165) is 5.01 Å². The molecule has 0 aromatic rings. The Morgan fingerprint density at radius 2 is 2.25 bits per heavy atom. The van der Waals surface area contributed by atoms with Crippen molar-refractivity contribution in [1.29, 1.82) is 0 Å². The van der Waals surface area contributed by atoms with E-state index in [1.54, 1.807) is 7.05 Å². The average Bonchev–Trinajstić information content (AvgIpc) is 1.67. The Morgan fingerprint density at radius 3 is 2.38 bits per heavy atom. The summed E-state index contributed by atoms with van der Waals surface area (Å²) < 4.78 is 0. The summed E-state index contributed by atoms with van der Waals surface area (Å²) in [5, 5.41) is 1.12. The lowest BCUT2D eigenvalue weighted by Gasteiger charge is -2.14. The minimum Gasteiger partial charge on any atom is -0.288 e. The number of carbonyl (C=O) groups is 1. The van der Waals surface area contributed by atoms with Crippen LogP contribution in [0.2, 0.25) is 0 Å². The van der Waals surface area contributed by atoms with Crippen LogP contribution in [-0.4, -0.2) is 32.8 Å². The molecule has 0 aliphatic carbocycles. The fourth-order valence-electron chi connectivity index (χ4n) is 0.223. The van der Waals surface area contributed by atoms with Crippen LogP contribution >= 0.6 is 0 Å². The van der Waals surface area contributed by atoms with Crippen molar-refractivity contribution in [2.45, 2.75) is 0 Å². The minimum absolute atomic E-state index is 0.528. The maximum Gasteiger partial charge on any atom is 0.202 e. The van der Waals surface area contributed by atoms with E-state index in [2.05, 4.69) is 11.0 Å². The van der Waals surface area contributed by atoms with Crippen LogP contribution in [0.5, 0.6) is 0 Å². The normalized spacial score (nSPS) is 8.75. The fraction of sp³-hybridized carbons (Fsp3) is 0.667. The smallest absolute Gasteiger partial charge is 0.202 e. The molecule has 2 radical (unpaired) electrons. The van der Waals surface area contributed by atoms with Crippen LogP contribution in [0.1, 0.15) is 0 Å². The molecule has 0 saturated carbocycles. The standard InChI is InChI=1S/C3H8BN3O/c1-5-6-7(2)3(4)8/h5-6H,1-2H3. The zero-order valence-corrected chi connectivity index (χ0v) is 4.93. The van der Waals surface area contributed by atoms with Crippen LogP contribution in [-0.2, 0) is 0 Å². The maximum atomic E-state index is 10.1. The molecule has 0 aromatic heterocycles. The van der Waals surface area contributed by atoms with E-state index in [-0.39, 0.29) is 0 Å². The molecular formula is C3H8BN3O. The van der Waals surface area contributed by atoms with Gasteiger partial charge in [-0.05, 0) is 0 Å². The van der Waals surface area contributed by atoms with Gasteiger partial charge in [-0.3, -0.25) is 9.80 Å². The number of hydrazine groups is 2. The summed E-state index contributed by atoms with van der Waals surface area (Å²) in [5.41, 5.74) is 4.98. The average molecular weight is 113 g/mol. The first-order valence-corrected chi connectivity index (χ1v) is 2.14. The van der Waals surface area contributed by atoms with Gasteiger partial charge < -0.3 is 0 Å². The van der Waals surface area contributed by atoms with Gasteiger partial charge in [-0.25, -0.2) is 5.43 Å². The number of rotatable bonds is 2. The monoisotopic (exact) mass is 113 g/mol. The largest absolute Gasteiger partial charge is 0.288 e. The van der Waals surface area contributed by atoms with Crippen LogP contribution in [0, 0.1) is 0 Å². The molecule has 0 aromatic carbocycles. The van der Waals surface area contributed by atoms with E-state index in [9.17, 15) is 4.79 Å². The topological polar surface area (TPSA) is 44.4 Å². The summed E-state index contributed by atoms with van der Waals surface area (Å²) in [5.74, 6) is -0.528. The number of hydrogen-bond acceptors (Lipinski definition) is 3. The predicted octanol–water partition coefficient (Wildman–Crippen LogP) is -1.15. The van der Waals surface area contributed by atoms with Crippen LogP contribution in [0.25, 0.3) is 0 Å².